The molecular weight excluding hydrogens is 271 g/mol. The van der Waals surface area contributed by atoms with Gasteiger partial charge in [-0.05, 0) is 62.0 Å². The molecule has 1 N–H and O–H groups in total. The summed E-state index contributed by atoms with van der Waals surface area (Å²) in [5.41, 5.74) is 1.16. The van der Waals surface area contributed by atoms with Crippen LogP contribution in [0.4, 0.5) is 4.39 Å². The summed E-state index contributed by atoms with van der Waals surface area (Å²) in [4.78, 5) is 12.8. The lowest BCUT2D eigenvalue weighted by molar-refractivity contribution is -0.137. The number of aliphatic carboxylic acids is 1. The number of nitriles is 1. The van der Waals surface area contributed by atoms with Crippen molar-refractivity contribution in [2.24, 2.45) is 5.92 Å². The van der Waals surface area contributed by atoms with Crippen LogP contribution in [-0.4, -0.2) is 29.1 Å². The molecule has 2 rings (SSSR count). The molecule has 0 bridgehead atoms. The van der Waals surface area contributed by atoms with Crippen LogP contribution in [0.25, 0.3) is 0 Å². The first kappa shape index (κ1) is 15.5. The van der Waals surface area contributed by atoms with Crippen LogP contribution in [0.5, 0.6) is 0 Å². The van der Waals surface area contributed by atoms with Crippen LogP contribution < -0.4 is 0 Å². The van der Waals surface area contributed by atoms with Crippen LogP contribution in [0.1, 0.15) is 36.8 Å². The SMILES string of the molecule is N#Cc1cc(F)cc(CN2CCC(CCC(=O)O)CC2)c1. The van der Waals surface area contributed by atoms with Gasteiger partial charge in [0, 0.05) is 13.0 Å². The zero-order valence-corrected chi connectivity index (χ0v) is 11.9. The van der Waals surface area contributed by atoms with E-state index in [0.717, 1.165) is 37.9 Å². The molecule has 0 spiro atoms. The molecule has 0 unspecified atom stereocenters. The molecule has 0 aliphatic carbocycles. The number of rotatable bonds is 5. The first-order valence-corrected chi connectivity index (χ1v) is 7.20. The molecule has 0 saturated carbocycles. The Morgan fingerprint density at radius 1 is 1.38 bits per heavy atom. The van der Waals surface area contributed by atoms with Gasteiger partial charge in [0.15, 0.2) is 0 Å². The maximum atomic E-state index is 13.4. The highest BCUT2D eigenvalue weighted by atomic mass is 19.1. The molecule has 0 aromatic heterocycles. The second-order valence-corrected chi connectivity index (χ2v) is 5.61. The number of nitrogens with zero attached hydrogens (tertiary/aromatic N) is 2. The second-order valence-electron chi connectivity index (χ2n) is 5.61. The van der Waals surface area contributed by atoms with Crippen molar-refractivity contribution in [3.8, 4) is 6.07 Å². The standard InChI is InChI=1S/C16H19FN2O2/c17-15-8-13(10-18)7-14(9-15)11-19-5-3-12(4-6-19)1-2-16(20)21/h7-9,12H,1-6,11H2,(H,20,21). The van der Waals surface area contributed by atoms with Gasteiger partial charge in [-0.3, -0.25) is 9.69 Å². The third-order valence-electron chi connectivity index (χ3n) is 3.97. The molecule has 1 heterocycles. The van der Waals surface area contributed by atoms with Crippen molar-refractivity contribution in [1.29, 1.82) is 5.26 Å². The summed E-state index contributed by atoms with van der Waals surface area (Å²) in [6, 6.07) is 6.39. The van der Waals surface area contributed by atoms with E-state index >= 15 is 0 Å². The summed E-state index contributed by atoms with van der Waals surface area (Å²) in [5, 5.41) is 17.5. The fourth-order valence-electron chi connectivity index (χ4n) is 2.83. The summed E-state index contributed by atoms with van der Waals surface area (Å²) in [6.45, 7) is 2.42. The van der Waals surface area contributed by atoms with Gasteiger partial charge in [0.25, 0.3) is 0 Å². The molecule has 4 nitrogen and oxygen atoms in total. The fraction of sp³-hybridized carbons (Fsp3) is 0.500. The molecule has 0 atom stereocenters. The van der Waals surface area contributed by atoms with Gasteiger partial charge < -0.3 is 5.11 Å². The average molecular weight is 290 g/mol. The zero-order chi connectivity index (χ0) is 15.2. The number of halogens is 1. The predicted molar refractivity (Wildman–Crippen MR) is 76.0 cm³/mol. The molecular formula is C16H19FN2O2. The van der Waals surface area contributed by atoms with Gasteiger partial charge in [-0.15, -0.1) is 0 Å². The van der Waals surface area contributed by atoms with Crippen molar-refractivity contribution >= 4 is 5.97 Å². The highest BCUT2D eigenvalue weighted by Crippen LogP contribution is 2.23. The maximum absolute atomic E-state index is 13.4. The van der Waals surface area contributed by atoms with Crippen molar-refractivity contribution in [1.82, 2.24) is 4.90 Å². The zero-order valence-electron chi connectivity index (χ0n) is 11.9. The number of piperidine rings is 1. The van der Waals surface area contributed by atoms with E-state index in [0.29, 0.717) is 18.0 Å². The Labute approximate surface area is 123 Å². The van der Waals surface area contributed by atoms with Gasteiger partial charge >= 0.3 is 5.97 Å². The fourth-order valence-corrected chi connectivity index (χ4v) is 2.83. The summed E-state index contributed by atoms with van der Waals surface area (Å²) < 4.78 is 13.4. The minimum atomic E-state index is -0.735. The third kappa shape index (κ3) is 4.83. The molecule has 1 saturated heterocycles. The molecule has 5 heteroatoms. The number of carbonyl (C=O) groups is 1. The Morgan fingerprint density at radius 2 is 2.10 bits per heavy atom. The van der Waals surface area contributed by atoms with E-state index in [1.165, 1.54) is 12.1 Å². The molecule has 0 amide bonds. The second kappa shape index (κ2) is 7.19. The Morgan fingerprint density at radius 3 is 2.71 bits per heavy atom. The number of hydrogen-bond donors (Lipinski definition) is 1. The molecule has 1 aliphatic heterocycles. The number of carboxylic acids is 1. The van der Waals surface area contributed by atoms with E-state index in [9.17, 15) is 9.18 Å². The minimum Gasteiger partial charge on any atom is -0.481 e. The predicted octanol–water partition coefficient (Wildman–Crippen LogP) is 2.77. The Hall–Kier alpha value is -1.93. The van der Waals surface area contributed by atoms with Crippen molar-refractivity contribution in [2.75, 3.05) is 13.1 Å². The first-order valence-electron chi connectivity index (χ1n) is 7.20. The molecule has 1 aromatic carbocycles. The number of benzene rings is 1. The Kier molecular flexibility index (Phi) is 5.29. The summed E-state index contributed by atoms with van der Waals surface area (Å²) in [7, 11) is 0. The minimum absolute atomic E-state index is 0.236. The van der Waals surface area contributed by atoms with Gasteiger partial charge in [0.05, 0.1) is 11.6 Å². The Balaban J connectivity index is 1.85. The lowest BCUT2D eigenvalue weighted by atomic mass is 9.92. The van der Waals surface area contributed by atoms with Crippen LogP contribution in [0.2, 0.25) is 0 Å². The van der Waals surface area contributed by atoms with Gasteiger partial charge in [-0.2, -0.15) is 5.26 Å². The van der Waals surface area contributed by atoms with Crippen molar-refractivity contribution < 1.29 is 14.3 Å². The average Bonchev–Trinajstić information content (AvgIpc) is 2.46. The van der Waals surface area contributed by atoms with Crippen LogP contribution in [0, 0.1) is 23.1 Å². The van der Waals surface area contributed by atoms with Crippen molar-refractivity contribution in [3.05, 3.63) is 35.1 Å². The van der Waals surface area contributed by atoms with Gasteiger partial charge in [0.2, 0.25) is 0 Å². The van der Waals surface area contributed by atoms with Crippen LogP contribution >= 0.6 is 0 Å². The summed E-state index contributed by atoms with van der Waals surface area (Å²) in [5.74, 6) is -0.638. The number of carboxylic acid groups (broad SMARTS) is 1. The molecule has 1 aromatic rings. The monoisotopic (exact) mass is 290 g/mol. The molecule has 1 aliphatic rings. The Bertz CT molecular complexity index is 546. The van der Waals surface area contributed by atoms with Crippen LogP contribution in [0.3, 0.4) is 0 Å². The van der Waals surface area contributed by atoms with E-state index in [1.54, 1.807) is 6.07 Å². The quantitative estimate of drug-likeness (QED) is 0.905. The lowest BCUT2D eigenvalue weighted by Crippen LogP contribution is -2.33. The maximum Gasteiger partial charge on any atom is 0.303 e. The van der Waals surface area contributed by atoms with Gasteiger partial charge in [-0.1, -0.05) is 0 Å². The van der Waals surface area contributed by atoms with Crippen molar-refractivity contribution in [2.45, 2.75) is 32.2 Å². The molecule has 112 valence electrons. The van der Waals surface area contributed by atoms with Crippen LogP contribution in [-0.2, 0) is 11.3 Å². The summed E-state index contributed by atoms with van der Waals surface area (Å²) in [6.07, 6.45) is 2.93. The van der Waals surface area contributed by atoms with Crippen LogP contribution in [0.15, 0.2) is 18.2 Å². The number of hydrogen-bond acceptors (Lipinski definition) is 3. The lowest BCUT2D eigenvalue weighted by Gasteiger charge is -2.31. The molecule has 21 heavy (non-hydrogen) atoms. The normalized spacial score (nSPS) is 16.6. The number of likely N-dealkylation sites (tertiary alicyclic amines) is 1. The van der Waals surface area contributed by atoms with Crippen molar-refractivity contribution in [3.63, 3.8) is 0 Å². The topological polar surface area (TPSA) is 64.3 Å². The highest BCUT2D eigenvalue weighted by molar-refractivity contribution is 5.66. The largest absolute Gasteiger partial charge is 0.481 e. The van der Waals surface area contributed by atoms with E-state index < -0.39 is 5.97 Å². The third-order valence-corrected chi connectivity index (χ3v) is 3.97. The van der Waals surface area contributed by atoms with Gasteiger partial charge in [-0.25, -0.2) is 4.39 Å². The highest BCUT2D eigenvalue weighted by Gasteiger charge is 2.20. The van der Waals surface area contributed by atoms with E-state index in [4.69, 9.17) is 10.4 Å². The smallest absolute Gasteiger partial charge is 0.303 e. The van der Waals surface area contributed by atoms with E-state index in [2.05, 4.69) is 4.90 Å². The molecule has 1 fully saturated rings. The van der Waals surface area contributed by atoms with E-state index in [1.807, 2.05) is 6.07 Å². The van der Waals surface area contributed by atoms with E-state index in [-0.39, 0.29) is 12.2 Å². The first-order chi connectivity index (χ1) is 10.1. The molecule has 0 radical (unpaired) electrons. The summed E-state index contributed by atoms with van der Waals surface area (Å²) >= 11 is 0. The van der Waals surface area contributed by atoms with Gasteiger partial charge in [0.1, 0.15) is 5.82 Å².